The number of rotatable bonds is 21. The van der Waals surface area contributed by atoms with Crippen LogP contribution in [0, 0.1) is 0 Å². The lowest BCUT2D eigenvalue weighted by Gasteiger charge is -2.06. The van der Waals surface area contributed by atoms with Crippen molar-refractivity contribution in [2.75, 3.05) is 61.3 Å². The summed E-state index contributed by atoms with van der Waals surface area (Å²) in [6.45, 7) is 0. The summed E-state index contributed by atoms with van der Waals surface area (Å²) >= 11 is 13.2. The van der Waals surface area contributed by atoms with Crippen LogP contribution in [0.3, 0.4) is 0 Å². The van der Waals surface area contributed by atoms with Crippen molar-refractivity contribution in [3.05, 3.63) is 0 Å². The van der Waals surface area contributed by atoms with Crippen LogP contribution >= 0.6 is 94.1 Å². The summed E-state index contributed by atoms with van der Waals surface area (Å²) in [5, 5.41) is 15.9. The van der Waals surface area contributed by atoms with Gasteiger partial charge >= 0.3 is 6.09 Å². The molecule has 0 bridgehead atoms. The van der Waals surface area contributed by atoms with Crippen molar-refractivity contribution in [1.29, 1.82) is 0 Å². The Balaban J connectivity index is 3.18. The highest BCUT2D eigenvalue weighted by molar-refractivity contribution is 8.23. The minimum atomic E-state index is -0.364. The summed E-state index contributed by atoms with van der Waals surface area (Å²) in [5.41, 5.74) is 0. The predicted molar refractivity (Wildman–Crippen MR) is 138 cm³/mol. The Morgan fingerprint density at radius 2 is 1.68 bits per heavy atom. The first-order valence-corrected chi connectivity index (χ1v) is 17.1. The van der Waals surface area contributed by atoms with E-state index in [1.54, 1.807) is 58.8 Å². The molecule has 0 aliphatic heterocycles. The van der Waals surface area contributed by atoms with Crippen LogP contribution in [0.25, 0.3) is 0 Å². The minimum absolute atomic E-state index is 0.115. The number of amides is 1. The molecule has 0 atom stereocenters. The van der Waals surface area contributed by atoms with Crippen molar-refractivity contribution in [2.45, 2.75) is 0 Å². The molecule has 166 valence electrons. The lowest BCUT2D eigenvalue weighted by Crippen LogP contribution is -2.23. The van der Waals surface area contributed by atoms with E-state index in [1.165, 1.54) is 29.9 Å². The number of ether oxygens (including phenoxy) is 1. The molecule has 1 amide bonds. The Hall–Kier alpha value is 1.46. The summed E-state index contributed by atoms with van der Waals surface area (Å²) in [5.74, 6) is 2.05. The smallest absolute Gasteiger partial charge is 0.408 e. The second-order valence-electron chi connectivity index (χ2n) is 4.06. The van der Waals surface area contributed by atoms with E-state index in [1.807, 2.05) is 11.8 Å². The minimum Gasteiger partial charge on any atom is -0.438 e. The number of alkyl carbamates (subject to hydrolysis) is 1. The molecule has 0 aromatic heterocycles. The summed E-state index contributed by atoms with van der Waals surface area (Å²) in [6, 6.07) is 0. The van der Waals surface area contributed by atoms with Gasteiger partial charge in [-0.05, 0) is 6.26 Å². The van der Waals surface area contributed by atoms with Gasteiger partial charge in [-0.1, -0.05) is 0 Å². The molecule has 0 rings (SSSR count). The number of nitrogens with one attached hydrogen (secondary N) is 1. The molecule has 0 aromatic carbocycles. The molecule has 15 heteroatoms. The van der Waals surface area contributed by atoms with Crippen LogP contribution in [0.2, 0.25) is 0 Å². The fraction of sp³-hybridized carbons (Fsp3) is 0.846. The van der Waals surface area contributed by atoms with Crippen molar-refractivity contribution in [3.63, 3.8) is 0 Å². The van der Waals surface area contributed by atoms with Crippen LogP contribution in [0.15, 0.2) is 4.99 Å². The third-order valence-electron chi connectivity index (χ3n) is 2.03. The lowest BCUT2D eigenvalue weighted by molar-refractivity contribution is -0.196. The molecule has 2 N–H and O–H groups in total. The van der Waals surface area contributed by atoms with Gasteiger partial charge in [0, 0.05) is 25.4 Å². The molecule has 0 saturated carbocycles. The zero-order chi connectivity index (χ0) is 20.5. The predicted octanol–water partition coefficient (Wildman–Crippen LogP) is 4.75. The third kappa shape index (κ3) is 25.5. The SMILES string of the molecule is CSCSCSCOC(=O)NCSCSCSC/N=C/OOCSCSCO. The molecule has 0 radical (unpaired) electrons. The number of hydrogen-bond donors (Lipinski definition) is 2. The first kappa shape index (κ1) is 29.5. The quantitative estimate of drug-likeness (QED) is 0.0518. The van der Waals surface area contributed by atoms with Gasteiger partial charge in [0.1, 0.15) is 11.9 Å². The van der Waals surface area contributed by atoms with Crippen LogP contribution < -0.4 is 5.32 Å². The molecule has 0 aliphatic rings. The summed E-state index contributed by atoms with van der Waals surface area (Å²) in [4.78, 5) is 25.2. The zero-order valence-electron chi connectivity index (χ0n) is 15.4. The third-order valence-corrected chi connectivity index (χ3v) is 10.4. The van der Waals surface area contributed by atoms with Gasteiger partial charge in [-0.15, -0.1) is 82.3 Å². The van der Waals surface area contributed by atoms with Gasteiger partial charge in [-0.2, -0.15) is 16.6 Å². The molecular formula is C13H26N2O5S8. The highest BCUT2D eigenvalue weighted by Crippen LogP contribution is 2.17. The van der Waals surface area contributed by atoms with Crippen molar-refractivity contribution < 1.29 is 24.4 Å². The van der Waals surface area contributed by atoms with E-state index in [2.05, 4.69) is 16.6 Å². The number of hydrogen-bond acceptors (Lipinski definition) is 14. The molecule has 0 aliphatic carbocycles. The highest BCUT2D eigenvalue weighted by Gasteiger charge is 2.01. The van der Waals surface area contributed by atoms with Crippen LogP contribution in [0.1, 0.15) is 0 Å². The van der Waals surface area contributed by atoms with Gasteiger partial charge in [0.2, 0.25) is 6.40 Å². The van der Waals surface area contributed by atoms with Crippen LogP contribution in [-0.2, 0) is 14.5 Å². The highest BCUT2D eigenvalue weighted by atomic mass is 32.2. The van der Waals surface area contributed by atoms with Crippen molar-refractivity contribution in [2.24, 2.45) is 4.99 Å². The number of aliphatic imine (C=N–C) groups is 1. The van der Waals surface area contributed by atoms with Crippen molar-refractivity contribution >= 4 is 107 Å². The molecule has 0 fully saturated rings. The largest absolute Gasteiger partial charge is 0.438 e. The van der Waals surface area contributed by atoms with E-state index in [-0.39, 0.29) is 12.0 Å². The van der Waals surface area contributed by atoms with Gasteiger partial charge in [0.15, 0.2) is 0 Å². The molecule has 0 saturated heterocycles. The van der Waals surface area contributed by atoms with E-state index < -0.39 is 0 Å². The van der Waals surface area contributed by atoms with E-state index in [0.29, 0.717) is 23.6 Å². The van der Waals surface area contributed by atoms with E-state index in [4.69, 9.17) is 19.6 Å². The molecule has 7 nitrogen and oxygen atoms in total. The molecule has 28 heavy (non-hydrogen) atoms. The Morgan fingerprint density at radius 1 is 0.964 bits per heavy atom. The number of carbonyl (C=O) groups is 1. The number of nitrogens with zero attached hydrogens (tertiary/aromatic N) is 1. The maximum absolute atomic E-state index is 11.4. The monoisotopic (exact) mass is 546 g/mol. The first-order valence-electron chi connectivity index (χ1n) is 7.62. The van der Waals surface area contributed by atoms with Crippen molar-refractivity contribution in [3.8, 4) is 0 Å². The zero-order valence-corrected chi connectivity index (χ0v) is 22.0. The van der Waals surface area contributed by atoms with E-state index in [9.17, 15) is 4.79 Å². The lowest BCUT2D eigenvalue weighted by atomic mass is 11.1. The Labute approximate surface area is 201 Å². The topological polar surface area (TPSA) is 89.4 Å². The summed E-state index contributed by atoms with van der Waals surface area (Å²) in [6.07, 6.45) is 3.00. The first-order chi connectivity index (χ1) is 13.8. The molecule has 0 spiro atoms. The molecule has 0 aromatic rings. The normalized spacial score (nSPS) is 11.1. The van der Waals surface area contributed by atoms with Crippen LogP contribution in [0.4, 0.5) is 4.79 Å². The summed E-state index contributed by atoms with van der Waals surface area (Å²) in [7, 11) is 0. The van der Waals surface area contributed by atoms with E-state index >= 15 is 0 Å². The fourth-order valence-corrected chi connectivity index (χ4v) is 7.53. The summed E-state index contributed by atoms with van der Waals surface area (Å²) < 4.78 is 5.06. The van der Waals surface area contributed by atoms with Gasteiger partial charge in [0.05, 0.1) is 17.7 Å². The van der Waals surface area contributed by atoms with Crippen molar-refractivity contribution in [1.82, 2.24) is 5.32 Å². The van der Waals surface area contributed by atoms with Gasteiger partial charge in [-0.3, -0.25) is 0 Å². The second kappa shape index (κ2) is 26.5. The average Bonchev–Trinajstić information content (AvgIpc) is 2.70. The Kier molecular flexibility index (Phi) is 27.9. The Bertz CT molecular complexity index is 374. The molecular weight excluding hydrogens is 521 g/mol. The maximum atomic E-state index is 11.4. The van der Waals surface area contributed by atoms with Gasteiger partial charge < -0.3 is 20.0 Å². The molecule has 0 heterocycles. The standard InChI is InChI=1S/C13H26N2O5S8/c1-21-8-27-12-25-6-18-13(17)15-4-23-10-28-9-22-3-14-2-19-20-7-26-11-24-5-16/h2,16H,3-12H2,1H3,(H,15,17)/b14-2+. The number of aliphatic hydroxyl groups excluding tert-OH is 1. The van der Waals surface area contributed by atoms with E-state index in [0.717, 1.165) is 25.4 Å². The van der Waals surface area contributed by atoms with Gasteiger partial charge in [-0.25, -0.2) is 9.79 Å². The Morgan fingerprint density at radius 3 is 2.50 bits per heavy atom. The fourth-order valence-electron chi connectivity index (χ4n) is 1.03. The number of carbonyl (C=O) groups excluding carboxylic acids is 1. The number of thioether (sulfide) groups is 8. The molecule has 0 unspecified atom stereocenters. The van der Waals surface area contributed by atoms with Crippen LogP contribution in [-0.4, -0.2) is 78.9 Å². The maximum Gasteiger partial charge on any atom is 0.408 e. The van der Waals surface area contributed by atoms with Gasteiger partial charge in [0.25, 0.3) is 0 Å². The number of aliphatic hydroxyl groups is 1. The second-order valence-corrected chi connectivity index (χ2v) is 13.5. The average molecular weight is 547 g/mol. The van der Waals surface area contributed by atoms with Crippen LogP contribution in [0.5, 0.6) is 0 Å².